The molecule has 0 aliphatic rings. The first-order valence-corrected chi connectivity index (χ1v) is 5.28. The van der Waals surface area contributed by atoms with Crippen molar-refractivity contribution >= 4 is 0 Å². The maximum Gasteiger partial charge on any atom is 0.146 e. The summed E-state index contributed by atoms with van der Waals surface area (Å²) in [6.45, 7) is 0.688. The first-order valence-electron chi connectivity index (χ1n) is 5.28. The molecule has 0 unspecified atom stereocenters. The molecule has 1 heterocycles. The number of halogens is 1. The van der Waals surface area contributed by atoms with Crippen LogP contribution in [0.25, 0.3) is 0 Å². The molecular formula is C12H14FN3O. The van der Waals surface area contributed by atoms with Crippen LogP contribution < -0.4 is 10.5 Å². The molecule has 90 valence electrons. The predicted octanol–water partition coefficient (Wildman–Crippen LogP) is 1.60. The second kappa shape index (κ2) is 4.97. The summed E-state index contributed by atoms with van der Waals surface area (Å²) >= 11 is 0. The highest BCUT2D eigenvalue weighted by Gasteiger charge is 2.05. The fourth-order valence-electron chi connectivity index (χ4n) is 1.51. The molecule has 5 heteroatoms. The second-order valence-corrected chi connectivity index (χ2v) is 3.71. The van der Waals surface area contributed by atoms with Gasteiger partial charge in [0.05, 0.1) is 5.69 Å². The van der Waals surface area contributed by atoms with Crippen molar-refractivity contribution in [1.82, 2.24) is 9.55 Å². The predicted molar refractivity (Wildman–Crippen MR) is 61.8 cm³/mol. The molecule has 17 heavy (non-hydrogen) atoms. The van der Waals surface area contributed by atoms with E-state index >= 15 is 0 Å². The lowest BCUT2D eigenvalue weighted by Gasteiger charge is -2.05. The quantitative estimate of drug-likeness (QED) is 0.875. The van der Waals surface area contributed by atoms with Gasteiger partial charge < -0.3 is 15.0 Å². The van der Waals surface area contributed by atoms with Gasteiger partial charge in [0, 0.05) is 25.9 Å². The summed E-state index contributed by atoms with van der Waals surface area (Å²) in [6.07, 6.45) is 1.85. The van der Waals surface area contributed by atoms with Gasteiger partial charge in [-0.25, -0.2) is 9.37 Å². The Morgan fingerprint density at radius 3 is 2.94 bits per heavy atom. The van der Waals surface area contributed by atoms with Crippen LogP contribution in [0.1, 0.15) is 11.5 Å². The van der Waals surface area contributed by atoms with Crippen LogP contribution in [0.3, 0.4) is 0 Å². The van der Waals surface area contributed by atoms with E-state index in [4.69, 9.17) is 10.5 Å². The highest BCUT2D eigenvalue weighted by molar-refractivity contribution is 5.22. The molecule has 2 aromatic rings. The van der Waals surface area contributed by atoms with Crippen LogP contribution in [0.4, 0.5) is 4.39 Å². The van der Waals surface area contributed by atoms with Crippen molar-refractivity contribution in [2.45, 2.75) is 13.2 Å². The lowest BCUT2D eigenvalue weighted by Crippen LogP contribution is -2.03. The molecule has 0 saturated heterocycles. The third-order valence-corrected chi connectivity index (χ3v) is 2.40. The Balaban J connectivity index is 2.04. The van der Waals surface area contributed by atoms with Crippen LogP contribution in [0.15, 0.2) is 30.5 Å². The van der Waals surface area contributed by atoms with E-state index in [1.54, 1.807) is 12.1 Å². The molecule has 0 spiro atoms. The average Bonchev–Trinajstić information content (AvgIpc) is 2.68. The summed E-state index contributed by atoms with van der Waals surface area (Å²) in [5.74, 6) is 0.932. The molecule has 2 N–H and O–H groups in total. The normalized spacial score (nSPS) is 10.5. The molecule has 1 aromatic carbocycles. The third kappa shape index (κ3) is 2.82. The summed E-state index contributed by atoms with van der Waals surface area (Å²) in [5, 5.41) is 0. The number of nitrogens with two attached hydrogens (primary N) is 1. The monoisotopic (exact) mass is 235 g/mol. The van der Waals surface area contributed by atoms with Crippen LogP contribution in [0.5, 0.6) is 5.75 Å². The Morgan fingerprint density at radius 1 is 1.47 bits per heavy atom. The Bertz CT molecular complexity index is 510. The largest absolute Gasteiger partial charge is 0.486 e. The third-order valence-electron chi connectivity index (χ3n) is 2.40. The van der Waals surface area contributed by atoms with Gasteiger partial charge in [0.1, 0.15) is 24.0 Å². The standard InChI is InChI=1S/C12H14FN3O/c1-16-7-10(6-14)15-12(16)8-17-11-4-2-3-9(13)5-11/h2-5,7H,6,8,14H2,1H3. The molecule has 0 saturated carbocycles. The Morgan fingerprint density at radius 2 is 2.29 bits per heavy atom. The van der Waals surface area contributed by atoms with Gasteiger partial charge in [-0.1, -0.05) is 6.07 Å². The minimum atomic E-state index is -0.315. The van der Waals surface area contributed by atoms with E-state index in [2.05, 4.69) is 4.98 Å². The summed E-state index contributed by atoms with van der Waals surface area (Å²) in [4.78, 5) is 4.28. The maximum absolute atomic E-state index is 12.9. The van der Waals surface area contributed by atoms with E-state index in [1.165, 1.54) is 12.1 Å². The Hall–Kier alpha value is -1.88. The summed E-state index contributed by atoms with van der Waals surface area (Å²) in [7, 11) is 1.87. The first kappa shape index (κ1) is 11.6. The van der Waals surface area contributed by atoms with E-state index in [0.29, 0.717) is 18.9 Å². The lowest BCUT2D eigenvalue weighted by molar-refractivity contribution is 0.290. The molecule has 4 nitrogen and oxygen atoms in total. The number of benzene rings is 1. The van der Waals surface area contributed by atoms with Crippen molar-refractivity contribution in [3.8, 4) is 5.75 Å². The van der Waals surface area contributed by atoms with Gasteiger partial charge in [0.15, 0.2) is 0 Å². The molecular weight excluding hydrogens is 221 g/mol. The van der Waals surface area contributed by atoms with Gasteiger partial charge in [-0.15, -0.1) is 0 Å². The highest BCUT2D eigenvalue weighted by Crippen LogP contribution is 2.13. The van der Waals surface area contributed by atoms with Gasteiger partial charge in [-0.2, -0.15) is 0 Å². The zero-order valence-corrected chi connectivity index (χ0v) is 9.56. The fraction of sp³-hybridized carbons (Fsp3) is 0.250. The molecule has 0 radical (unpaired) electrons. The Labute approximate surface area is 98.8 Å². The second-order valence-electron chi connectivity index (χ2n) is 3.71. The fourth-order valence-corrected chi connectivity index (χ4v) is 1.51. The summed E-state index contributed by atoms with van der Waals surface area (Å²) in [5.41, 5.74) is 6.30. The van der Waals surface area contributed by atoms with Crippen molar-refractivity contribution in [3.63, 3.8) is 0 Å². The Kier molecular flexibility index (Phi) is 3.39. The number of imidazole rings is 1. The number of hydrogen-bond donors (Lipinski definition) is 1. The van der Waals surface area contributed by atoms with Crippen molar-refractivity contribution in [2.24, 2.45) is 12.8 Å². The number of rotatable bonds is 4. The number of aromatic nitrogens is 2. The molecule has 2 rings (SSSR count). The van der Waals surface area contributed by atoms with Crippen molar-refractivity contribution in [3.05, 3.63) is 47.8 Å². The minimum absolute atomic E-state index is 0.292. The van der Waals surface area contributed by atoms with E-state index in [-0.39, 0.29) is 5.82 Å². The molecule has 0 aliphatic carbocycles. The molecule has 0 aliphatic heterocycles. The van der Waals surface area contributed by atoms with Crippen molar-refractivity contribution < 1.29 is 9.13 Å². The molecule has 0 fully saturated rings. The van der Waals surface area contributed by atoms with Crippen LogP contribution in [-0.2, 0) is 20.2 Å². The maximum atomic E-state index is 12.9. The van der Waals surface area contributed by atoms with E-state index in [1.807, 2.05) is 17.8 Å². The molecule has 0 bridgehead atoms. The van der Waals surface area contributed by atoms with Crippen molar-refractivity contribution in [2.75, 3.05) is 0 Å². The van der Waals surface area contributed by atoms with Gasteiger partial charge >= 0.3 is 0 Å². The van der Waals surface area contributed by atoms with Crippen LogP contribution in [0, 0.1) is 5.82 Å². The first-order chi connectivity index (χ1) is 8.19. The average molecular weight is 235 g/mol. The number of aryl methyl sites for hydroxylation is 1. The zero-order valence-electron chi connectivity index (χ0n) is 9.56. The molecule has 0 atom stereocenters. The molecule has 1 aromatic heterocycles. The summed E-state index contributed by atoms with van der Waals surface area (Å²) in [6, 6.07) is 6.03. The van der Waals surface area contributed by atoms with Gasteiger partial charge in [-0.05, 0) is 12.1 Å². The number of nitrogens with zero attached hydrogens (tertiary/aromatic N) is 2. The topological polar surface area (TPSA) is 53.1 Å². The van der Waals surface area contributed by atoms with E-state index in [9.17, 15) is 4.39 Å². The minimum Gasteiger partial charge on any atom is -0.486 e. The van der Waals surface area contributed by atoms with Gasteiger partial charge in [-0.3, -0.25) is 0 Å². The summed E-state index contributed by atoms with van der Waals surface area (Å²) < 4.78 is 20.2. The van der Waals surface area contributed by atoms with Crippen LogP contribution in [0.2, 0.25) is 0 Å². The van der Waals surface area contributed by atoms with E-state index < -0.39 is 0 Å². The zero-order chi connectivity index (χ0) is 12.3. The van der Waals surface area contributed by atoms with Gasteiger partial charge in [0.25, 0.3) is 0 Å². The lowest BCUT2D eigenvalue weighted by atomic mass is 10.3. The SMILES string of the molecule is Cn1cc(CN)nc1COc1cccc(F)c1. The van der Waals surface area contributed by atoms with Crippen LogP contribution in [-0.4, -0.2) is 9.55 Å². The van der Waals surface area contributed by atoms with Gasteiger partial charge in [0.2, 0.25) is 0 Å². The number of ether oxygens (including phenoxy) is 1. The highest BCUT2D eigenvalue weighted by atomic mass is 19.1. The van der Waals surface area contributed by atoms with Crippen molar-refractivity contribution in [1.29, 1.82) is 0 Å². The smallest absolute Gasteiger partial charge is 0.146 e. The molecule has 0 amide bonds. The van der Waals surface area contributed by atoms with Crippen LogP contribution >= 0.6 is 0 Å². The van der Waals surface area contributed by atoms with E-state index in [0.717, 1.165) is 11.5 Å². The number of hydrogen-bond acceptors (Lipinski definition) is 3.